The van der Waals surface area contributed by atoms with Crippen LogP contribution in [-0.2, 0) is 0 Å². The molecule has 0 aliphatic rings. The van der Waals surface area contributed by atoms with Crippen LogP contribution >= 0.6 is 15.9 Å². The van der Waals surface area contributed by atoms with Gasteiger partial charge in [0.15, 0.2) is 11.4 Å². The SMILES string of the molecule is Cc1cc(Br)c(OC(F)(F)F)c(C#N)n1. The van der Waals surface area contributed by atoms with E-state index in [0.717, 1.165) is 0 Å². The van der Waals surface area contributed by atoms with Gasteiger partial charge in [0.25, 0.3) is 0 Å². The monoisotopic (exact) mass is 280 g/mol. The average Bonchev–Trinajstić information content (AvgIpc) is 2.07. The molecule has 1 aromatic heterocycles. The molecule has 0 bridgehead atoms. The number of halogens is 4. The van der Waals surface area contributed by atoms with Crippen molar-refractivity contribution >= 4 is 15.9 Å². The van der Waals surface area contributed by atoms with Crippen molar-refractivity contribution in [1.29, 1.82) is 5.26 Å². The molecule has 0 aliphatic heterocycles. The smallest absolute Gasteiger partial charge is 0.401 e. The molecular formula is C8H4BrF3N2O. The van der Waals surface area contributed by atoms with Gasteiger partial charge in [-0.2, -0.15) is 5.26 Å². The topological polar surface area (TPSA) is 45.9 Å². The van der Waals surface area contributed by atoms with Gasteiger partial charge in [-0.25, -0.2) is 4.98 Å². The summed E-state index contributed by atoms with van der Waals surface area (Å²) in [6, 6.07) is 2.87. The second-order valence-corrected chi connectivity index (χ2v) is 3.44. The van der Waals surface area contributed by atoms with Crippen molar-refractivity contribution in [1.82, 2.24) is 4.98 Å². The van der Waals surface area contributed by atoms with Gasteiger partial charge in [0, 0.05) is 5.69 Å². The standard InChI is InChI=1S/C8H4BrF3N2O/c1-4-2-5(9)7(6(3-13)14-4)15-8(10,11)12/h2H,1H3. The maximum absolute atomic E-state index is 12.0. The fourth-order valence-electron chi connectivity index (χ4n) is 0.910. The first kappa shape index (κ1) is 11.8. The highest BCUT2D eigenvalue weighted by atomic mass is 79.9. The van der Waals surface area contributed by atoms with Gasteiger partial charge in [-0.15, -0.1) is 13.2 Å². The Morgan fingerprint density at radius 2 is 2.13 bits per heavy atom. The Labute approximate surface area is 91.6 Å². The number of aryl methyl sites for hydroxylation is 1. The first-order valence-corrected chi connectivity index (χ1v) is 4.46. The molecule has 0 saturated heterocycles. The molecule has 0 saturated carbocycles. The van der Waals surface area contributed by atoms with E-state index in [-0.39, 0.29) is 4.47 Å². The van der Waals surface area contributed by atoms with Crippen molar-refractivity contribution in [3.8, 4) is 11.8 Å². The number of alkyl halides is 3. The molecule has 0 N–H and O–H groups in total. The van der Waals surface area contributed by atoms with Gasteiger partial charge < -0.3 is 4.74 Å². The van der Waals surface area contributed by atoms with Gasteiger partial charge in [0.05, 0.1) is 4.47 Å². The molecule has 0 aromatic carbocycles. The number of ether oxygens (including phenoxy) is 1. The Bertz CT molecular complexity index is 425. The van der Waals surface area contributed by atoms with Crippen molar-refractivity contribution in [2.24, 2.45) is 0 Å². The minimum Gasteiger partial charge on any atom is -0.401 e. The van der Waals surface area contributed by atoms with E-state index in [2.05, 4.69) is 25.7 Å². The lowest BCUT2D eigenvalue weighted by Gasteiger charge is -2.11. The Morgan fingerprint density at radius 1 is 1.53 bits per heavy atom. The van der Waals surface area contributed by atoms with Crippen LogP contribution in [0.5, 0.6) is 5.75 Å². The van der Waals surface area contributed by atoms with Crippen LogP contribution in [0.3, 0.4) is 0 Å². The molecule has 0 aliphatic carbocycles. The molecule has 0 spiro atoms. The van der Waals surface area contributed by atoms with E-state index in [1.807, 2.05) is 0 Å². The first-order chi connectivity index (χ1) is 6.83. The molecule has 0 radical (unpaired) electrons. The van der Waals surface area contributed by atoms with Gasteiger partial charge in [0.2, 0.25) is 0 Å². The number of hydrogen-bond acceptors (Lipinski definition) is 3. The summed E-state index contributed by atoms with van der Waals surface area (Å²) in [6.07, 6.45) is -4.84. The van der Waals surface area contributed by atoms with Crippen LogP contribution in [0.15, 0.2) is 10.5 Å². The highest BCUT2D eigenvalue weighted by Crippen LogP contribution is 2.32. The van der Waals surface area contributed by atoms with E-state index in [4.69, 9.17) is 5.26 Å². The molecule has 0 atom stereocenters. The Hall–Kier alpha value is -1.29. The average molecular weight is 281 g/mol. The molecule has 0 unspecified atom stereocenters. The summed E-state index contributed by atoms with van der Waals surface area (Å²) in [5, 5.41) is 8.58. The van der Waals surface area contributed by atoms with Crippen LogP contribution in [0.2, 0.25) is 0 Å². The zero-order chi connectivity index (χ0) is 11.6. The minimum absolute atomic E-state index is 0.0453. The van der Waals surface area contributed by atoms with E-state index in [1.165, 1.54) is 12.1 Å². The lowest BCUT2D eigenvalue weighted by Crippen LogP contribution is -2.18. The van der Waals surface area contributed by atoms with E-state index < -0.39 is 17.8 Å². The third-order valence-corrected chi connectivity index (χ3v) is 1.97. The summed E-state index contributed by atoms with van der Waals surface area (Å²) in [6.45, 7) is 1.56. The minimum atomic E-state index is -4.84. The predicted octanol–water partition coefficient (Wildman–Crippen LogP) is 2.92. The predicted molar refractivity (Wildman–Crippen MR) is 48.1 cm³/mol. The number of aromatic nitrogens is 1. The van der Waals surface area contributed by atoms with Gasteiger partial charge in [-0.1, -0.05) is 0 Å². The highest BCUT2D eigenvalue weighted by molar-refractivity contribution is 9.10. The van der Waals surface area contributed by atoms with Gasteiger partial charge in [0.1, 0.15) is 6.07 Å². The quantitative estimate of drug-likeness (QED) is 0.795. The Kier molecular flexibility index (Phi) is 3.19. The molecule has 80 valence electrons. The number of pyridine rings is 1. The van der Waals surface area contributed by atoms with E-state index >= 15 is 0 Å². The fourth-order valence-corrected chi connectivity index (χ4v) is 1.51. The van der Waals surface area contributed by atoms with Crippen LogP contribution < -0.4 is 4.74 Å². The van der Waals surface area contributed by atoms with Crippen molar-refractivity contribution in [2.75, 3.05) is 0 Å². The second kappa shape index (κ2) is 4.06. The van der Waals surface area contributed by atoms with Crippen LogP contribution in [0, 0.1) is 18.3 Å². The zero-order valence-electron chi connectivity index (χ0n) is 7.39. The van der Waals surface area contributed by atoms with E-state index in [9.17, 15) is 13.2 Å². The summed E-state index contributed by atoms with van der Waals surface area (Å²) in [7, 11) is 0. The normalized spacial score (nSPS) is 10.9. The van der Waals surface area contributed by atoms with Crippen LogP contribution in [0.4, 0.5) is 13.2 Å². The van der Waals surface area contributed by atoms with Crippen LogP contribution in [0.1, 0.15) is 11.4 Å². The maximum atomic E-state index is 12.0. The molecule has 0 amide bonds. The summed E-state index contributed by atoms with van der Waals surface area (Å²) in [5.41, 5.74) is 0.0205. The molecule has 1 heterocycles. The largest absolute Gasteiger partial charge is 0.573 e. The summed E-state index contributed by atoms with van der Waals surface area (Å²) < 4.78 is 39.6. The highest BCUT2D eigenvalue weighted by Gasteiger charge is 2.33. The summed E-state index contributed by atoms with van der Waals surface area (Å²) in [4.78, 5) is 3.62. The Balaban J connectivity index is 3.23. The molecule has 1 aromatic rings. The molecule has 15 heavy (non-hydrogen) atoms. The van der Waals surface area contributed by atoms with E-state index in [0.29, 0.717) is 5.69 Å². The molecule has 1 rings (SSSR count). The van der Waals surface area contributed by atoms with Gasteiger partial charge in [-0.05, 0) is 28.9 Å². The van der Waals surface area contributed by atoms with E-state index in [1.54, 1.807) is 6.92 Å². The summed E-state index contributed by atoms with van der Waals surface area (Å²) >= 11 is 2.88. The third kappa shape index (κ3) is 3.09. The Morgan fingerprint density at radius 3 is 2.60 bits per heavy atom. The lowest BCUT2D eigenvalue weighted by atomic mass is 10.3. The zero-order valence-corrected chi connectivity index (χ0v) is 8.98. The maximum Gasteiger partial charge on any atom is 0.573 e. The third-order valence-electron chi connectivity index (χ3n) is 1.38. The molecule has 3 nitrogen and oxygen atoms in total. The van der Waals surface area contributed by atoms with Gasteiger partial charge in [-0.3, -0.25) is 0 Å². The number of rotatable bonds is 1. The second-order valence-electron chi connectivity index (χ2n) is 2.58. The van der Waals surface area contributed by atoms with Gasteiger partial charge >= 0.3 is 6.36 Å². The molecule has 0 fully saturated rings. The van der Waals surface area contributed by atoms with Crippen molar-refractivity contribution in [2.45, 2.75) is 13.3 Å². The van der Waals surface area contributed by atoms with Crippen LogP contribution in [0.25, 0.3) is 0 Å². The number of hydrogen-bond donors (Lipinski definition) is 0. The van der Waals surface area contributed by atoms with Crippen molar-refractivity contribution in [3.05, 3.63) is 21.9 Å². The van der Waals surface area contributed by atoms with Crippen LogP contribution in [-0.4, -0.2) is 11.3 Å². The molecule has 7 heteroatoms. The number of nitrogens with zero attached hydrogens (tertiary/aromatic N) is 2. The number of nitriles is 1. The van der Waals surface area contributed by atoms with Crippen molar-refractivity contribution < 1.29 is 17.9 Å². The fraction of sp³-hybridized carbons (Fsp3) is 0.250. The first-order valence-electron chi connectivity index (χ1n) is 3.66. The van der Waals surface area contributed by atoms with Crippen molar-refractivity contribution in [3.63, 3.8) is 0 Å². The summed E-state index contributed by atoms with van der Waals surface area (Å²) in [5.74, 6) is -0.615. The molecular weight excluding hydrogens is 277 g/mol. The lowest BCUT2D eigenvalue weighted by molar-refractivity contribution is -0.275.